The number of hydrogen-bond acceptors (Lipinski definition) is 3. The van der Waals surface area contributed by atoms with E-state index in [1.165, 1.54) is 0 Å². The summed E-state index contributed by atoms with van der Waals surface area (Å²) in [5.74, 6) is 0.615. The van der Waals surface area contributed by atoms with Gasteiger partial charge in [-0.1, -0.05) is 27.7 Å². The third-order valence-corrected chi connectivity index (χ3v) is 3.15. The fourth-order valence-corrected chi connectivity index (χ4v) is 2.16. The highest BCUT2D eigenvalue weighted by molar-refractivity contribution is 5.84. The van der Waals surface area contributed by atoms with Crippen molar-refractivity contribution < 1.29 is 9.59 Å². The fraction of sp³-hybridized carbons (Fsp3) is 0.857. The Morgan fingerprint density at radius 1 is 1.37 bits per heavy atom. The van der Waals surface area contributed by atoms with Crippen LogP contribution in [0.15, 0.2) is 0 Å². The normalized spacial score (nSPS) is 19.6. The van der Waals surface area contributed by atoms with Gasteiger partial charge in [0.15, 0.2) is 0 Å². The summed E-state index contributed by atoms with van der Waals surface area (Å²) in [4.78, 5) is 25.4. The first-order valence-corrected chi connectivity index (χ1v) is 7.21. The van der Waals surface area contributed by atoms with Crippen molar-refractivity contribution in [2.24, 2.45) is 5.92 Å². The first-order valence-electron chi connectivity index (χ1n) is 7.21. The third kappa shape index (κ3) is 5.59. The molecular formula is C14H27N3O2. The minimum atomic E-state index is -0.0706. The molecule has 19 heavy (non-hydrogen) atoms. The SMILES string of the molecule is CC(C)CNC(=O)CCN1CCC(NC(C)C)C1=O. The predicted octanol–water partition coefficient (Wildman–Crippen LogP) is 0.748. The van der Waals surface area contributed by atoms with Crippen LogP contribution in [0.1, 0.15) is 40.5 Å². The van der Waals surface area contributed by atoms with E-state index in [0.29, 0.717) is 31.5 Å². The Balaban J connectivity index is 2.27. The van der Waals surface area contributed by atoms with Crippen LogP contribution in [0.2, 0.25) is 0 Å². The van der Waals surface area contributed by atoms with Gasteiger partial charge in [-0.25, -0.2) is 0 Å². The van der Waals surface area contributed by atoms with E-state index >= 15 is 0 Å². The summed E-state index contributed by atoms with van der Waals surface area (Å²) in [5.41, 5.74) is 0. The zero-order valence-electron chi connectivity index (χ0n) is 12.5. The van der Waals surface area contributed by atoms with E-state index in [1.807, 2.05) is 13.8 Å². The predicted molar refractivity (Wildman–Crippen MR) is 75.7 cm³/mol. The Bertz CT molecular complexity index is 316. The lowest BCUT2D eigenvalue weighted by atomic mass is 10.2. The van der Waals surface area contributed by atoms with Gasteiger partial charge in [-0.05, 0) is 12.3 Å². The van der Waals surface area contributed by atoms with Crippen LogP contribution in [-0.2, 0) is 9.59 Å². The van der Waals surface area contributed by atoms with Crippen LogP contribution >= 0.6 is 0 Å². The molecule has 1 aliphatic rings. The molecule has 0 aromatic carbocycles. The summed E-state index contributed by atoms with van der Waals surface area (Å²) in [5, 5.41) is 6.13. The van der Waals surface area contributed by atoms with Crippen molar-refractivity contribution in [2.75, 3.05) is 19.6 Å². The van der Waals surface area contributed by atoms with Crippen LogP contribution in [0.25, 0.3) is 0 Å². The van der Waals surface area contributed by atoms with E-state index in [4.69, 9.17) is 0 Å². The van der Waals surface area contributed by atoms with Crippen molar-refractivity contribution in [1.82, 2.24) is 15.5 Å². The van der Waals surface area contributed by atoms with E-state index in [2.05, 4.69) is 24.5 Å². The highest BCUT2D eigenvalue weighted by atomic mass is 16.2. The van der Waals surface area contributed by atoms with Crippen LogP contribution in [0.4, 0.5) is 0 Å². The molecular weight excluding hydrogens is 242 g/mol. The topological polar surface area (TPSA) is 61.4 Å². The number of amides is 2. The molecule has 5 heteroatoms. The van der Waals surface area contributed by atoms with Crippen molar-refractivity contribution >= 4 is 11.8 Å². The number of likely N-dealkylation sites (tertiary alicyclic amines) is 1. The Morgan fingerprint density at radius 3 is 2.63 bits per heavy atom. The molecule has 5 nitrogen and oxygen atoms in total. The first-order chi connectivity index (χ1) is 8.90. The number of nitrogens with zero attached hydrogens (tertiary/aromatic N) is 1. The lowest BCUT2D eigenvalue weighted by Gasteiger charge is -2.18. The molecule has 2 N–H and O–H groups in total. The minimum Gasteiger partial charge on any atom is -0.356 e. The van der Waals surface area contributed by atoms with Gasteiger partial charge >= 0.3 is 0 Å². The van der Waals surface area contributed by atoms with Crippen LogP contribution in [0.3, 0.4) is 0 Å². The molecule has 1 heterocycles. The Labute approximate surface area is 116 Å². The standard InChI is InChI=1S/C14H27N3O2/c1-10(2)9-15-13(18)6-8-17-7-5-12(14(17)19)16-11(3)4/h10-12,16H,5-9H2,1-4H3,(H,15,18). The van der Waals surface area contributed by atoms with Crippen molar-refractivity contribution in [1.29, 1.82) is 0 Å². The van der Waals surface area contributed by atoms with Crippen molar-refractivity contribution in [3.05, 3.63) is 0 Å². The zero-order chi connectivity index (χ0) is 14.4. The highest BCUT2D eigenvalue weighted by Gasteiger charge is 2.31. The molecule has 0 radical (unpaired) electrons. The van der Waals surface area contributed by atoms with Crippen molar-refractivity contribution in [2.45, 2.75) is 52.6 Å². The molecule has 0 bridgehead atoms. The van der Waals surface area contributed by atoms with Crippen LogP contribution in [0, 0.1) is 5.92 Å². The minimum absolute atomic E-state index is 0.0294. The van der Waals surface area contributed by atoms with Gasteiger partial charge in [-0.2, -0.15) is 0 Å². The molecule has 2 amide bonds. The van der Waals surface area contributed by atoms with Crippen LogP contribution in [0.5, 0.6) is 0 Å². The second-order valence-corrected chi connectivity index (χ2v) is 5.94. The van der Waals surface area contributed by atoms with Gasteiger partial charge in [0.25, 0.3) is 0 Å². The van der Waals surface area contributed by atoms with Crippen molar-refractivity contribution in [3.8, 4) is 0 Å². The second-order valence-electron chi connectivity index (χ2n) is 5.94. The van der Waals surface area contributed by atoms with Gasteiger partial charge in [0.05, 0.1) is 6.04 Å². The Hall–Kier alpha value is -1.10. The summed E-state index contributed by atoms with van der Waals surface area (Å²) in [6.07, 6.45) is 1.23. The smallest absolute Gasteiger partial charge is 0.239 e. The largest absolute Gasteiger partial charge is 0.356 e. The molecule has 1 fully saturated rings. The summed E-state index contributed by atoms with van der Waals surface area (Å²) in [6, 6.07) is 0.238. The molecule has 0 spiro atoms. The molecule has 1 saturated heterocycles. The van der Waals surface area contributed by atoms with E-state index in [0.717, 1.165) is 13.0 Å². The summed E-state index contributed by atoms with van der Waals surface area (Å²) in [6.45, 7) is 10.2. The third-order valence-electron chi connectivity index (χ3n) is 3.15. The lowest BCUT2D eigenvalue weighted by Crippen LogP contribution is -2.42. The highest BCUT2D eigenvalue weighted by Crippen LogP contribution is 2.12. The van der Waals surface area contributed by atoms with Crippen molar-refractivity contribution in [3.63, 3.8) is 0 Å². The van der Waals surface area contributed by atoms with E-state index in [-0.39, 0.29) is 17.9 Å². The van der Waals surface area contributed by atoms with E-state index in [1.54, 1.807) is 4.90 Å². The molecule has 1 unspecified atom stereocenters. The van der Waals surface area contributed by atoms with Gasteiger partial charge in [-0.3, -0.25) is 9.59 Å². The summed E-state index contributed by atoms with van der Waals surface area (Å²) in [7, 11) is 0. The molecule has 0 saturated carbocycles. The fourth-order valence-electron chi connectivity index (χ4n) is 2.16. The number of carbonyl (C=O) groups is 2. The van der Waals surface area contributed by atoms with E-state index in [9.17, 15) is 9.59 Å². The van der Waals surface area contributed by atoms with Gasteiger partial charge in [-0.15, -0.1) is 0 Å². The lowest BCUT2D eigenvalue weighted by molar-refractivity contribution is -0.130. The molecule has 110 valence electrons. The quantitative estimate of drug-likeness (QED) is 0.717. The maximum atomic E-state index is 12.1. The number of hydrogen-bond donors (Lipinski definition) is 2. The molecule has 1 rings (SSSR count). The first kappa shape index (κ1) is 16.0. The average Bonchev–Trinajstić information content (AvgIpc) is 2.65. The van der Waals surface area contributed by atoms with Crippen LogP contribution in [-0.4, -0.2) is 48.4 Å². The summed E-state index contributed by atoms with van der Waals surface area (Å²) >= 11 is 0. The molecule has 0 aromatic rings. The summed E-state index contributed by atoms with van der Waals surface area (Å²) < 4.78 is 0. The molecule has 0 aliphatic carbocycles. The number of nitrogens with one attached hydrogen (secondary N) is 2. The monoisotopic (exact) mass is 269 g/mol. The number of rotatable bonds is 7. The number of carbonyl (C=O) groups excluding carboxylic acids is 2. The zero-order valence-corrected chi connectivity index (χ0v) is 12.5. The van der Waals surface area contributed by atoms with E-state index < -0.39 is 0 Å². The maximum Gasteiger partial charge on any atom is 0.239 e. The molecule has 0 aromatic heterocycles. The Kier molecular flexibility index (Phi) is 6.28. The van der Waals surface area contributed by atoms with Gasteiger partial charge in [0.2, 0.25) is 11.8 Å². The van der Waals surface area contributed by atoms with Gasteiger partial charge in [0, 0.05) is 32.1 Å². The molecule has 1 atom stereocenters. The molecule has 1 aliphatic heterocycles. The van der Waals surface area contributed by atoms with Gasteiger partial charge in [0.1, 0.15) is 0 Å². The average molecular weight is 269 g/mol. The Morgan fingerprint density at radius 2 is 2.05 bits per heavy atom. The van der Waals surface area contributed by atoms with Gasteiger partial charge < -0.3 is 15.5 Å². The second kappa shape index (κ2) is 7.48. The van der Waals surface area contributed by atoms with Crippen LogP contribution < -0.4 is 10.6 Å². The maximum absolute atomic E-state index is 12.1.